The number of carbonyl (C=O) groups excluding carboxylic acids is 1. The van der Waals surface area contributed by atoms with Gasteiger partial charge in [-0.2, -0.15) is 5.10 Å². The van der Waals surface area contributed by atoms with Gasteiger partial charge in [0.2, 0.25) is 0 Å². The van der Waals surface area contributed by atoms with Gasteiger partial charge in [0.1, 0.15) is 5.69 Å². The number of rotatable bonds is 6. The summed E-state index contributed by atoms with van der Waals surface area (Å²) in [4.78, 5) is 25.5. The number of piperidine rings is 1. The maximum atomic E-state index is 12.4. The average Bonchev–Trinajstić information content (AvgIpc) is 2.54. The zero-order chi connectivity index (χ0) is 15.9. The Morgan fingerprint density at radius 3 is 2.68 bits per heavy atom. The lowest BCUT2D eigenvalue weighted by Gasteiger charge is -2.31. The van der Waals surface area contributed by atoms with Crippen molar-refractivity contribution in [2.24, 2.45) is 13.0 Å². The van der Waals surface area contributed by atoms with Crippen LogP contribution in [0.5, 0.6) is 0 Å². The van der Waals surface area contributed by atoms with Gasteiger partial charge >= 0.3 is 0 Å². The molecule has 1 aliphatic heterocycles. The quantitative estimate of drug-likeness (QED) is 0.707. The summed E-state index contributed by atoms with van der Waals surface area (Å²) in [5.74, 6) is 0.364. The molecule has 1 aromatic rings. The van der Waals surface area contributed by atoms with Crippen LogP contribution in [0.1, 0.15) is 23.3 Å². The van der Waals surface area contributed by atoms with Crippen molar-refractivity contribution in [2.45, 2.75) is 12.8 Å². The van der Waals surface area contributed by atoms with E-state index in [-0.39, 0.29) is 11.5 Å². The van der Waals surface area contributed by atoms with E-state index in [0.717, 1.165) is 12.8 Å². The SMILES string of the molecule is COCCOCC1CCN(C(=O)c2ccc(=O)n(C)n2)CC1. The number of carbonyl (C=O) groups is 1. The molecule has 22 heavy (non-hydrogen) atoms. The number of aryl methyl sites for hydroxylation is 1. The van der Waals surface area contributed by atoms with Crippen molar-refractivity contribution in [3.8, 4) is 0 Å². The highest BCUT2D eigenvalue weighted by molar-refractivity contribution is 5.92. The highest BCUT2D eigenvalue weighted by Gasteiger charge is 2.24. The molecule has 1 saturated heterocycles. The second-order valence-electron chi connectivity index (χ2n) is 5.48. The first kappa shape index (κ1) is 16.6. The Kier molecular flexibility index (Phi) is 6.09. The lowest BCUT2D eigenvalue weighted by atomic mass is 9.97. The summed E-state index contributed by atoms with van der Waals surface area (Å²) in [6.45, 7) is 3.32. The van der Waals surface area contributed by atoms with Crippen molar-refractivity contribution in [2.75, 3.05) is 40.0 Å². The monoisotopic (exact) mass is 309 g/mol. The topological polar surface area (TPSA) is 73.7 Å². The average molecular weight is 309 g/mol. The van der Waals surface area contributed by atoms with Crippen LogP contribution < -0.4 is 5.56 Å². The number of hydrogen-bond acceptors (Lipinski definition) is 5. The molecule has 2 rings (SSSR count). The fourth-order valence-corrected chi connectivity index (χ4v) is 2.47. The van der Waals surface area contributed by atoms with Gasteiger partial charge in [-0.15, -0.1) is 0 Å². The van der Waals surface area contributed by atoms with E-state index in [1.807, 2.05) is 0 Å². The van der Waals surface area contributed by atoms with E-state index in [9.17, 15) is 9.59 Å². The summed E-state index contributed by atoms with van der Waals surface area (Å²) in [7, 11) is 3.20. The van der Waals surface area contributed by atoms with Gasteiger partial charge in [-0.05, 0) is 24.8 Å². The third-order valence-corrected chi connectivity index (χ3v) is 3.87. The van der Waals surface area contributed by atoms with Crippen LogP contribution in [0.2, 0.25) is 0 Å². The second kappa shape index (κ2) is 8.05. The van der Waals surface area contributed by atoms with Crippen LogP contribution in [0.4, 0.5) is 0 Å². The van der Waals surface area contributed by atoms with Crippen molar-refractivity contribution in [1.82, 2.24) is 14.7 Å². The maximum Gasteiger partial charge on any atom is 0.274 e. The van der Waals surface area contributed by atoms with Crippen molar-refractivity contribution in [1.29, 1.82) is 0 Å². The minimum atomic E-state index is -0.219. The Hall–Kier alpha value is -1.73. The molecule has 1 aromatic heterocycles. The van der Waals surface area contributed by atoms with E-state index >= 15 is 0 Å². The van der Waals surface area contributed by atoms with Crippen LogP contribution in [0.3, 0.4) is 0 Å². The maximum absolute atomic E-state index is 12.4. The molecule has 0 aliphatic carbocycles. The lowest BCUT2D eigenvalue weighted by molar-refractivity contribution is 0.0325. The predicted molar refractivity (Wildman–Crippen MR) is 80.8 cm³/mol. The molecule has 0 spiro atoms. The van der Waals surface area contributed by atoms with E-state index in [1.165, 1.54) is 16.8 Å². The van der Waals surface area contributed by atoms with E-state index in [0.29, 0.717) is 44.5 Å². The van der Waals surface area contributed by atoms with Crippen molar-refractivity contribution < 1.29 is 14.3 Å². The Morgan fingerprint density at radius 1 is 1.32 bits per heavy atom. The third-order valence-electron chi connectivity index (χ3n) is 3.87. The third kappa shape index (κ3) is 4.38. The number of aromatic nitrogens is 2. The molecule has 0 unspecified atom stereocenters. The van der Waals surface area contributed by atoms with Crippen LogP contribution >= 0.6 is 0 Å². The highest BCUT2D eigenvalue weighted by atomic mass is 16.5. The van der Waals surface area contributed by atoms with Gasteiger partial charge in [-0.1, -0.05) is 0 Å². The first-order valence-corrected chi connectivity index (χ1v) is 7.52. The Bertz CT molecular complexity index is 550. The van der Waals surface area contributed by atoms with E-state index in [2.05, 4.69) is 5.10 Å². The smallest absolute Gasteiger partial charge is 0.274 e. The number of methoxy groups -OCH3 is 1. The highest BCUT2D eigenvalue weighted by Crippen LogP contribution is 2.18. The molecule has 0 N–H and O–H groups in total. The molecule has 1 aliphatic rings. The molecule has 2 heterocycles. The minimum absolute atomic E-state index is 0.116. The van der Waals surface area contributed by atoms with Gasteiger partial charge in [0, 0.05) is 39.9 Å². The molecule has 0 saturated carbocycles. The molecule has 0 atom stereocenters. The molecule has 0 aromatic carbocycles. The van der Waals surface area contributed by atoms with E-state index < -0.39 is 0 Å². The number of nitrogens with zero attached hydrogens (tertiary/aromatic N) is 3. The van der Waals surface area contributed by atoms with Gasteiger partial charge < -0.3 is 14.4 Å². The molecule has 7 nitrogen and oxygen atoms in total. The largest absolute Gasteiger partial charge is 0.382 e. The molecular formula is C15H23N3O4. The van der Waals surface area contributed by atoms with Gasteiger partial charge in [-0.3, -0.25) is 9.59 Å². The van der Waals surface area contributed by atoms with Crippen LogP contribution in [0.15, 0.2) is 16.9 Å². The number of likely N-dealkylation sites (tertiary alicyclic amines) is 1. The summed E-state index contributed by atoms with van der Waals surface area (Å²) >= 11 is 0. The lowest BCUT2D eigenvalue weighted by Crippen LogP contribution is -2.40. The Balaban J connectivity index is 1.82. The normalized spacial score (nSPS) is 16.0. The van der Waals surface area contributed by atoms with Gasteiger partial charge in [0.15, 0.2) is 0 Å². The fourth-order valence-electron chi connectivity index (χ4n) is 2.47. The van der Waals surface area contributed by atoms with E-state index in [1.54, 1.807) is 19.1 Å². The molecule has 0 bridgehead atoms. The van der Waals surface area contributed by atoms with Gasteiger partial charge in [0.25, 0.3) is 11.5 Å². The molecular weight excluding hydrogens is 286 g/mol. The zero-order valence-electron chi connectivity index (χ0n) is 13.2. The number of hydrogen-bond donors (Lipinski definition) is 0. The molecule has 7 heteroatoms. The molecule has 1 fully saturated rings. The fraction of sp³-hybridized carbons (Fsp3) is 0.667. The van der Waals surface area contributed by atoms with Crippen LogP contribution in [0, 0.1) is 5.92 Å². The standard InChI is InChI=1S/C15H23N3O4/c1-17-14(19)4-3-13(16-17)15(20)18-7-5-12(6-8-18)11-22-10-9-21-2/h3-4,12H,5-11H2,1-2H3. The van der Waals surface area contributed by atoms with Crippen LogP contribution in [-0.4, -0.2) is 60.6 Å². The van der Waals surface area contributed by atoms with Gasteiger partial charge in [0.05, 0.1) is 13.2 Å². The number of amides is 1. The summed E-state index contributed by atoms with van der Waals surface area (Å²) < 4.78 is 11.7. The second-order valence-corrected chi connectivity index (χ2v) is 5.48. The summed E-state index contributed by atoms with van der Waals surface area (Å²) in [5, 5.41) is 4.01. The molecule has 0 radical (unpaired) electrons. The van der Waals surface area contributed by atoms with Crippen molar-refractivity contribution in [3.63, 3.8) is 0 Å². The Labute approximate surface area is 129 Å². The van der Waals surface area contributed by atoms with E-state index in [4.69, 9.17) is 9.47 Å². The van der Waals surface area contributed by atoms with Gasteiger partial charge in [-0.25, -0.2) is 4.68 Å². The Morgan fingerprint density at radius 2 is 2.05 bits per heavy atom. The summed E-state index contributed by atoms with van der Waals surface area (Å²) in [6, 6.07) is 2.86. The molecule has 1 amide bonds. The summed E-state index contributed by atoms with van der Waals surface area (Å²) in [6.07, 6.45) is 1.84. The number of ether oxygens (including phenoxy) is 2. The van der Waals surface area contributed by atoms with Crippen LogP contribution in [0.25, 0.3) is 0 Å². The van der Waals surface area contributed by atoms with Crippen LogP contribution in [-0.2, 0) is 16.5 Å². The van der Waals surface area contributed by atoms with Crippen molar-refractivity contribution in [3.05, 3.63) is 28.2 Å². The molecule has 122 valence electrons. The summed E-state index contributed by atoms with van der Waals surface area (Å²) in [5.41, 5.74) is 0.0976. The van der Waals surface area contributed by atoms with Crippen molar-refractivity contribution >= 4 is 5.91 Å². The zero-order valence-corrected chi connectivity index (χ0v) is 13.2. The first-order valence-electron chi connectivity index (χ1n) is 7.52. The predicted octanol–water partition coefficient (Wildman–Crippen LogP) is 0.296. The first-order chi connectivity index (χ1) is 10.6. The minimum Gasteiger partial charge on any atom is -0.382 e.